The molecule has 1 N–H and O–H groups in total. The first kappa shape index (κ1) is 20.8. The minimum absolute atomic E-state index is 0.0199. The number of fused-ring (bicyclic) bond motifs is 3. The summed E-state index contributed by atoms with van der Waals surface area (Å²) in [5, 5.41) is 2.68. The van der Waals surface area contributed by atoms with Crippen LogP contribution in [0.25, 0.3) is 17.2 Å². The number of benzene rings is 3. The van der Waals surface area contributed by atoms with Gasteiger partial charge in [0.1, 0.15) is 12.4 Å². The van der Waals surface area contributed by atoms with Crippen molar-refractivity contribution < 1.29 is 13.9 Å². The number of carbonyl (C=O) groups excluding carboxylic acids is 1. The molecule has 1 aliphatic rings. The molecule has 6 heteroatoms. The van der Waals surface area contributed by atoms with E-state index < -0.39 is 6.09 Å². The van der Waals surface area contributed by atoms with Gasteiger partial charge in [0.2, 0.25) is 0 Å². The normalized spacial score (nSPS) is 12.6. The fourth-order valence-electron chi connectivity index (χ4n) is 3.68. The van der Waals surface area contributed by atoms with Crippen molar-refractivity contribution in [2.75, 3.05) is 13.2 Å². The average molecular weight is 531 g/mol. The van der Waals surface area contributed by atoms with Gasteiger partial charge in [-0.3, -0.25) is 0 Å². The predicted octanol–water partition coefficient (Wildman–Crippen LogP) is 6.90. The zero-order valence-corrected chi connectivity index (χ0v) is 19.0. The Hall–Kier alpha value is -2.44. The van der Waals surface area contributed by atoms with Crippen molar-refractivity contribution in [1.82, 2.24) is 5.32 Å². The maximum atomic E-state index is 14.0. The molecule has 1 aliphatic carbocycles. The van der Waals surface area contributed by atoms with Crippen molar-refractivity contribution in [1.29, 1.82) is 0 Å². The van der Waals surface area contributed by atoms with Crippen LogP contribution >= 0.6 is 31.9 Å². The maximum Gasteiger partial charge on any atom is 0.407 e. The highest BCUT2D eigenvalue weighted by atomic mass is 79.9. The second-order valence-corrected chi connectivity index (χ2v) is 8.66. The third-order valence-corrected chi connectivity index (χ3v) is 6.15. The van der Waals surface area contributed by atoms with Crippen LogP contribution in [0.1, 0.15) is 22.6 Å². The van der Waals surface area contributed by atoms with Crippen molar-refractivity contribution in [2.24, 2.45) is 0 Å². The molecule has 0 unspecified atom stereocenters. The summed E-state index contributed by atoms with van der Waals surface area (Å²) in [5.74, 6) is -0.333. The molecule has 0 saturated carbocycles. The first-order valence-corrected chi connectivity index (χ1v) is 11.0. The number of ether oxygens (including phenoxy) is 1. The van der Waals surface area contributed by atoms with Gasteiger partial charge in [0, 0.05) is 27.0 Å². The molecule has 0 aliphatic heterocycles. The molecule has 0 atom stereocenters. The molecule has 0 spiro atoms. The monoisotopic (exact) mass is 529 g/mol. The minimum atomic E-state index is -0.503. The van der Waals surface area contributed by atoms with Crippen molar-refractivity contribution in [2.45, 2.75) is 5.92 Å². The van der Waals surface area contributed by atoms with Crippen LogP contribution in [-0.4, -0.2) is 19.2 Å². The largest absolute Gasteiger partial charge is 0.449 e. The van der Waals surface area contributed by atoms with Crippen molar-refractivity contribution in [3.63, 3.8) is 0 Å². The minimum Gasteiger partial charge on any atom is -0.449 e. The van der Waals surface area contributed by atoms with Crippen LogP contribution in [0.5, 0.6) is 0 Å². The first-order chi connectivity index (χ1) is 14.5. The first-order valence-electron chi connectivity index (χ1n) is 9.44. The Labute approximate surface area is 191 Å². The lowest BCUT2D eigenvalue weighted by Crippen LogP contribution is -2.26. The maximum absolute atomic E-state index is 14.0. The van der Waals surface area contributed by atoms with E-state index in [4.69, 9.17) is 4.74 Å². The van der Waals surface area contributed by atoms with Crippen LogP contribution in [0.2, 0.25) is 0 Å². The van der Waals surface area contributed by atoms with Crippen molar-refractivity contribution in [3.8, 4) is 11.1 Å². The summed E-state index contributed by atoms with van der Waals surface area (Å²) >= 11 is 6.58. The number of hydrogen-bond acceptors (Lipinski definition) is 2. The summed E-state index contributed by atoms with van der Waals surface area (Å²) < 4.78 is 20.8. The van der Waals surface area contributed by atoms with E-state index in [1.165, 1.54) is 28.3 Å². The van der Waals surface area contributed by atoms with Crippen LogP contribution in [0.3, 0.4) is 0 Å². The third kappa shape index (κ3) is 4.35. The summed E-state index contributed by atoms with van der Waals surface area (Å²) in [6.07, 6.45) is 2.80. The Morgan fingerprint density at radius 3 is 2.30 bits per heavy atom. The fourth-order valence-corrected chi connectivity index (χ4v) is 4.99. The van der Waals surface area contributed by atoms with Gasteiger partial charge in [-0.2, -0.15) is 0 Å². The molecule has 0 radical (unpaired) electrons. The molecule has 0 saturated heterocycles. The number of carbonyl (C=O) groups is 1. The molecule has 3 aromatic carbocycles. The number of hydrogen-bond donors (Lipinski definition) is 1. The summed E-state index contributed by atoms with van der Waals surface area (Å²) in [7, 11) is 0. The van der Waals surface area contributed by atoms with Gasteiger partial charge in [-0.05, 0) is 34.4 Å². The lowest BCUT2D eigenvalue weighted by Gasteiger charge is -2.14. The number of nitrogens with one attached hydrogen (secondary N) is 1. The van der Waals surface area contributed by atoms with Gasteiger partial charge in [0.15, 0.2) is 0 Å². The summed E-state index contributed by atoms with van der Waals surface area (Å²) in [5.41, 5.74) is 5.13. The van der Waals surface area contributed by atoms with E-state index in [-0.39, 0.29) is 24.9 Å². The van der Waals surface area contributed by atoms with Gasteiger partial charge in [-0.25, -0.2) is 9.18 Å². The van der Waals surface area contributed by atoms with E-state index in [2.05, 4.69) is 61.4 Å². The Morgan fingerprint density at radius 1 is 1.03 bits per heavy atom. The predicted molar refractivity (Wildman–Crippen MR) is 124 cm³/mol. The molecule has 0 bridgehead atoms. The van der Waals surface area contributed by atoms with Crippen LogP contribution in [0, 0.1) is 5.82 Å². The van der Waals surface area contributed by atoms with Gasteiger partial charge < -0.3 is 10.1 Å². The quantitative estimate of drug-likeness (QED) is 0.389. The van der Waals surface area contributed by atoms with Gasteiger partial charge in [0.25, 0.3) is 0 Å². The summed E-state index contributed by atoms with van der Waals surface area (Å²) in [4.78, 5) is 12.2. The number of halogens is 3. The third-order valence-electron chi connectivity index (χ3n) is 5.04. The van der Waals surface area contributed by atoms with E-state index in [0.717, 1.165) is 0 Å². The fraction of sp³-hybridized carbons (Fsp3) is 0.125. The standard InChI is InChI=1S/C24H18Br2FNO2/c25-15-12-22(26)20(23(27)13-15)10-5-11-28-24(29)30-14-21-18-8-3-1-6-16(18)17-7-2-4-9-19(17)21/h1-10,12-13,21H,11,14H2,(H,28,29). The highest BCUT2D eigenvalue weighted by molar-refractivity contribution is 9.11. The topological polar surface area (TPSA) is 38.3 Å². The molecule has 4 rings (SSSR count). The Balaban J connectivity index is 1.35. The van der Waals surface area contributed by atoms with Gasteiger partial charge in [-0.15, -0.1) is 0 Å². The zero-order chi connectivity index (χ0) is 21.1. The van der Waals surface area contributed by atoms with E-state index >= 15 is 0 Å². The molecule has 3 nitrogen and oxygen atoms in total. The average Bonchev–Trinajstić information content (AvgIpc) is 3.05. The van der Waals surface area contributed by atoms with E-state index in [1.807, 2.05) is 24.3 Å². The molecule has 3 aromatic rings. The van der Waals surface area contributed by atoms with Crippen molar-refractivity contribution in [3.05, 3.63) is 98.2 Å². The Morgan fingerprint density at radius 2 is 1.67 bits per heavy atom. The molecular weight excluding hydrogens is 513 g/mol. The van der Waals surface area contributed by atoms with E-state index in [0.29, 0.717) is 14.5 Å². The van der Waals surface area contributed by atoms with Crippen LogP contribution in [-0.2, 0) is 4.74 Å². The second kappa shape index (κ2) is 9.14. The molecule has 1 amide bonds. The number of alkyl carbamates (subject to hydrolysis) is 1. The van der Waals surface area contributed by atoms with Gasteiger partial charge >= 0.3 is 6.09 Å². The van der Waals surface area contributed by atoms with E-state index in [1.54, 1.807) is 18.2 Å². The number of amides is 1. The highest BCUT2D eigenvalue weighted by Crippen LogP contribution is 2.44. The smallest absolute Gasteiger partial charge is 0.407 e. The molecule has 30 heavy (non-hydrogen) atoms. The zero-order valence-electron chi connectivity index (χ0n) is 15.9. The highest BCUT2D eigenvalue weighted by Gasteiger charge is 2.28. The SMILES string of the molecule is O=C(NCC=Cc1c(F)cc(Br)cc1Br)OCC1c2ccccc2-c2ccccc21. The van der Waals surface area contributed by atoms with Crippen LogP contribution in [0.15, 0.2) is 75.7 Å². The number of rotatable bonds is 5. The van der Waals surface area contributed by atoms with Crippen LogP contribution in [0.4, 0.5) is 9.18 Å². The Kier molecular flexibility index (Phi) is 6.35. The summed E-state index contributed by atoms with van der Waals surface area (Å²) in [6, 6.07) is 19.5. The molecule has 0 heterocycles. The lowest BCUT2D eigenvalue weighted by molar-refractivity contribution is 0.144. The van der Waals surface area contributed by atoms with Crippen molar-refractivity contribution >= 4 is 44.0 Å². The molecular formula is C24H18Br2FNO2. The molecule has 0 aromatic heterocycles. The lowest BCUT2D eigenvalue weighted by atomic mass is 9.98. The Bertz CT molecular complexity index is 1060. The van der Waals surface area contributed by atoms with Gasteiger partial charge in [0.05, 0.1) is 0 Å². The van der Waals surface area contributed by atoms with Crippen LogP contribution < -0.4 is 5.32 Å². The van der Waals surface area contributed by atoms with E-state index in [9.17, 15) is 9.18 Å². The van der Waals surface area contributed by atoms with Gasteiger partial charge in [-0.1, -0.05) is 92.5 Å². The molecule has 152 valence electrons. The second-order valence-electron chi connectivity index (χ2n) is 6.89. The molecule has 0 fully saturated rings. The summed E-state index contributed by atoms with van der Waals surface area (Å²) in [6.45, 7) is 0.495.